The van der Waals surface area contributed by atoms with Crippen LogP contribution < -0.4 is 14.8 Å². The van der Waals surface area contributed by atoms with Gasteiger partial charge in [-0.1, -0.05) is 30.3 Å². The Bertz CT molecular complexity index is 572. The molecule has 20 heavy (non-hydrogen) atoms. The molecular formula is C16H18FNO2. The molecule has 2 rings (SSSR count). The van der Waals surface area contributed by atoms with Crippen LogP contribution >= 0.6 is 0 Å². The molecule has 0 aromatic heterocycles. The lowest BCUT2D eigenvalue weighted by Crippen LogP contribution is -2.19. The summed E-state index contributed by atoms with van der Waals surface area (Å²) in [6.07, 6.45) is 0. The Labute approximate surface area is 118 Å². The van der Waals surface area contributed by atoms with E-state index in [0.29, 0.717) is 17.1 Å². The lowest BCUT2D eigenvalue weighted by atomic mass is 9.98. The van der Waals surface area contributed by atoms with Gasteiger partial charge in [0.15, 0.2) is 11.5 Å². The van der Waals surface area contributed by atoms with Crippen LogP contribution in [0.15, 0.2) is 42.5 Å². The fourth-order valence-electron chi connectivity index (χ4n) is 2.24. The molecular weight excluding hydrogens is 257 g/mol. The number of nitrogens with one attached hydrogen (secondary N) is 1. The highest BCUT2D eigenvalue weighted by molar-refractivity contribution is 5.46. The van der Waals surface area contributed by atoms with E-state index in [-0.39, 0.29) is 11.9 Å². The van der Waals surface area contributed by atoms with E-state index in [4.69, 9.17) is 9.47 Å². The van der Waals surface area contributed by atoms with Crippen LogP contribution in [0.5, 0.6) is 11.5 Å². The van der Waals surface area contributed by atoms with Crippen LogP contribution in [0.25, 0.3) is 0 Å². The van der Waals surface area contributed by atoms with E-state index in [2.05, 4.69) is 5.32 Å². The van der Waals surface area contributed by atoms with E-state index in [0.717, 1.165) is 5.56 Å². The summed E-state index contributed by atoms with van der Waals surface area (Å²) in [5.41, 5.74) is 1.51. The summed E-state index contributed by atoms with van der Waals surface area (Å²) in [7, 11) is 4.83. The Hall–Kier alpha value is -2.07. The molecule has 4 heteroatoms. The van der Waals surface area contributed by atoms with Crippen molar-refractivity contribution in [3.8, 4) is 11.5 Å². The standard InChI is InChI=1S/C16H18FNO2/c1-18-16(11-7-5-4-6-8-11)12-9-14(19-2)15(20-3)10-13(12)17/h4-10,16,18H,1-3H3. The molecule has 2 aromatic carbocycles. The minimum atomic E-state index is -0.328. The highest BCUT2D eigenvalue weighted by atomic mass is 19.1. The number of methoxy groups -OCH3 is 2. The highest BCUT2D eigenvalue weighted by Crippen LogP contribution is 2.34. The maximum Gasteiger partial charge on any atom is 0.163 e. The third-order valence-electron chi connectivity index (χ3n) is 3.24. The van der Waals surface area contributed by atoms with Crippen molar-refractivity contribution in [3.63, 3.8) is 0 Å². The van der Waals surface area contributed by atoms with E-state index in [1.165, 1.54) is 20.3 Å². The zero-order chi connectivity index (χ0) is 14.5. The number of hydrogen-bond acceptors (Lipinski definition) is 3. The van der Waals surface area contributed by atoms with E-state index in [9.17, 15) is 4.39 Å². The fourth-order valence-corrected chi connectivity index (χ4v) is 2.24. The first kappa shape index (κ1) is 14.3. The van der Waals surface area contributed by atoms with Crippen molar-refractivity contribution < 1.29 is 13.9 Å². The van der Waals surface area contributed by atoms with Gasteiger partial charge < -0.3 is 14.8 Å². The number of ether oxygens (including phenoxy) is 2. The topological polar surface area (TPSA) is 30.5 Å². The average molecular weight is 275 g/mol. The van der Waals surface area contributed by atoms with Gasteiger partial charge in [-0.15, -0.1) is 0 Å². The summed E-state index contributed by atoms with van der Waals surface area (Å²) in [4.78, 5) is 0. The summed E-state index contributed by atoms with van der Waals surface area (Å²) in [6.45, 7) is 0. The SMILES string of the molecule is CNC(c1ccccc1)c1cc(OC)c(OC)cc1F. The van der Waals surface area contributed by atoms with Crippen molar-refractivity contribution in [2.75, 3.05) is 21.3 Å². The lowest BCUT2D eigenvalue weighted by molar-refractivity contribution is 0.351. The number of benzene rings is 2. The van der Waals surface area contributed by atoms with Gasteiger partial charge in [0, 0.05) is 11.6 Å². The second-order valence-electron chi connectivity index (χ2n) is 4.36. The molecule has 1 atom stereocenters. The van der Waals surface area contributed by atoms with E-state index in [1.54, 1.807) is 13.1 Å². The van der Waals surface area contributed by atoms with Gasteiger partial charge >= 0.3 is 0 Å². The van der Waals surface area contributed by atoms with Gasteiger partial charge in [-0.05, 0) is 18.7 Å². The third-order valence-corrected chi connectivity index (χ3v) is 3.24. The van der Waals surface area contributed by atoms with Crippen LogP contribution in [0, 0.1) is 5.82 Å². The van der Waals surface area contributed by atoms with Crippen molar-refractivity contribution in [1.29, 1.82) is 0 Å². The predicted molar refractivity (Wildman–Crippen MR) is 76.8 cm³/mol. The van der Waals surface area contributed by atoms with Crippen LogP contribution in [0.4, 0.5) is 4.39 Å². The zero-order valence-corrected chi connectivity index (χ0v) is 11.8. The molecule has 3 nitrogen and oxygen atoms in total. The molecule has 0 aliphatic rings. The Morgan fingerprint density at radius 1 is 1.00 bits per heavy atom. The number of rotatable bonds is 5. The Kier molecular flexibility index (Phi) is 4.58. The van der Waals surface area contributed by atoms with Crippen molar-refractivity contribution in [3.05, 3.63) is 59.4 Å². The van der Waals surface area contributed by atoms with Gasteiger partial charge in [-0.3, -0.25) is 0 Å². The molecule has 0 saturated heterocycles. The molecule has 0 aliphatic carbocycles. The molecule has 1 unspecified atom stereocenters. The summed E-state index contributed by atoms with van der Waals surface area (Å²) in [5.74, 6) is 0.572. The Morgan fingerprint density at radius 2 is 1.60 bits per heavy atom. The molecule has 0 fully saturated rings. The Morgan fingerprint density at radius 3 is 2.15 bits per heavy atom. The quantitative estimate of drug-likeness (QED) is 0.909. The fraction of sp³-hybridized carbons (Fsp3) is 0.250. The molecule has 0 heterocycles. The van der Waals surface area contributed by atoms with Crippen LogP contribution in [-0.4, -0.2) is 21.3 Å². The lowest BCUT2D eigenvalue weighted by Gasteiger charge is -2.19. The van der Waals surface area contributed by atoms with E-state index in [1.807, 2.05) is 30.3 Å². The molecule has 0 bridgehead atoms. The monoisotopic (exact) mass is 275 g/mol. The van der Waals surface area contributed by atoms with Crippen molar-refractivity contribution in [2.24, 2.45) is 0 Å². The zero-order valence-electron chi connectivity index (χ0n) is 11.8. The maximum absolute atomic E-state index is 14.3. The minimum Gasteiger partial charge on any atom is -0.493 e. The van der Waals surface area contributed by atoms with Gasteiger partial charge in [0.05, 0.1) is 20.3 Å². The molecule has 1 N–H and O–H groups in total. The summed E-state index contributed by atoms with van der Waals surface area (Å²) < 4.78 is 24.6. The first-order valence-corrected chi connectivity index (χ1v) is 6.35. The van der Waals surface area contributed by atoms with Gasteiger partial charge in [0.25, 0.3) is 0 Å². The summed E-state index contributed by atoms with van der Waals surface area (Å²) in [5, 5.41) is 3.13. The second kappa shape index (κ2) is 6.39. The molecule has 2 aromatic rings. The third kappa shape index (κ3) is 2.75. The molecule has 0 aliphatic heterocycles. The summed E-state index contributed by atoms with van der Waals surface area (Å²) >= 11 is 0. The first-order chi connectivity index (χ1) is 9.71. The number of hydrogen-bond donors (Lipinski definition) is 1. The van der Waals surface area contributed by atoms with E-state index < -0.39 is 0 Å². The smallest absolute Gasteiger partial charge is 0.163 e. The van der Waals surface area contributed by atoms with Gasteiger partial charge in [-0.2, -0.15) is 0 Å². The van der Waals surface area contributed by atoms with E-state index >= 15 is 0 Å². The molecule has 0 radical (unpaired) electrons. The molecule has 106 valence electrons. The van der Waals surface area contributed by atoms with Crippen molar-refractivity contribution in [2.45, 2.75) is 6.04 Å². The molecule has 0 saturated carbocycles. The van der Waals surface area contributed by atoms with Gasteiger partial charge in [-0.25, -0.2) is 4.39 Å². The maximum atomic E-state index is 14.3. The van der Waals surface area contributed by atoms with Crippen molar-refractivity contribution in [1.82, 2.24) is 5.32 Å². The van der Waals surface area contributed by atoms with Crippen LogP contribution in [0.3, 0.4) is 0 Å². The number of halogens is 1. The van der Waals surface area contributed by atoms with Crippen LogP contribution in [0.1, 0.15) is 17.2 Å². The summed E-state index contributed by atoms with van der Waals surface area (Å²) in [6, 6.07) is 12.5. The van der Waals surface area contributed by atoms with Gasteiger partial charge in [0.1, 0.15) is 5.82 Å². The minimum absolute atomic E-state index is 0.240. The normalized spacial score (nSPS) is 12.0. The second-order valence-corrected chi connectivity index (χ2v) is 4.36. The largest absolute Gasteiger partial charge is 0.493 e. The Balaban J connectivity index is 2.50. The van der Waals surface area contributed by atoms with Gasteiger partial charge in [0.2, 0.25) is 0 Å². The highest BCUT2D eigenvalue weighted by Gasteiger charge is 2.19. The predicted octanol–water partition coefficient (Wildman–Crippen LogP) is 3.15. The van der Waals surface area contributed by atoms with Crippen molar-refractivity contribution >= 4 is 0 Å². The van der Waals surface area contributed by atoms with Crippen LogP contribution in [0.2, 0.25) is 0 Å². The molecule has 0 amide bonds. The van der Waals surface area contributed by atoms with Crippen LogP contribution in [-0.2, 0) is 0 Å². The molecule has 0 spiro atoms. The first-order valence-electron chi connectivity index (χ1n) is 6.35. The average Bonchev–Trinajstić information content (AvgIpc) is 2.50.